The summed E-state index contributed by atoms with van der Waals surface area (Å²) < 4.78 is 32.7. The van der Waals surface area contributed by atoms with Crippen molar-refractivity contribution < 1.29 is 23.2 Å². The highest BCUT2D eigenvalue weighted by Crippen LogP contribution is 2.44. The first-order chi connectivity index (χ1) is 13.0. The fourth-order valence-corrected chi connectivity index (χ4v) is 4.89. The Morgan fingerprint density at radius 3 is 2.59 bits per heavy atom. The number of carbonyl (C=O) groups excluding carboxylic acids is 1. The third-order valence-corrected chi connectivity index (χ3v) is 6.09. The van der Waals surface area contributed by atoms with Crippen LogP contribution in [-0.4, -0.2) is 26.1 Å². The first-order valence-corrected chi connectivity index (χ1v) is 9.62. The minimum atomic E-state index is -3.83. The van der Waals surface area contributed by atoms with Crippen molar-refractivity contribution in [2.75, 3.05) is 10.9 Å². The Morgan fingerprint density at radius 2 is 1.93 bits per heavy atom. The molecule has 1 amide bonds. The highest BCUT2D eigenvalue weighted by atomic mass is 32.2. The van der Waals surface area contributed by atoms with Crippen molar-refractivity contribution in [1.29, 1.82) is 0 Å². The molecule has 140 valence electrons. The third kappa shape index (κ3) is 3.60. The number of carbonyl (C=O) groups is 1. The summed E-state index contributed by atoms with van der Waals surface area (Å²) in [5.74, 6) is 5.39. The molecule has 8 heteroatoms. The Balaban J connectivity index is 1.98. The number of fused-ring (bicyclic) bond motifs is 1. The van der Waals surface area contributed by atoms with Gasteiger partial charge >= 0.3 is 0 Å². The number of rotatable bonds is 5. The lowest BCUT2D eigenvalue weighted by molar-refractivity contribution is -0.129. The number of hydrogen-bond acceptors (Lipinski definition) is 5. The van der Waals surface area contributed by atoms with Crippen LogP contribution in [0.3, 0.4) is 0 Å². The van der Waals surface area contributed by atoms with E-state index in [0.29, 0.717) is 17.0 Å². The third-order valence-electron chi connectivity index (χ3n) is 4.18. The van der Waals surface area contributed by atoms with Crippen LogP contribution in [0.4, 0.5) is 5.69 Å². The summed E-state index contributed by atoms with van der Waals surface area (Å²) in [4.78, 5) is 11.9. The maximum atomic E-state index is 13.0. The van der Waals surface area contributed by atoms with Gasteiger partial charge in [-0.3, -0.25) is 14.3 Å². The molecule has 0 bridgehead atoms. The molecular weight excluding hydrogens is 368 g/mol. The van der Waals surface area contributed by atoms with E-state index in [0.717, 1.165) is 0 Å². The van der Waals surface area contributed by atoms with Crippen LogP contribution in [0.25, 0.3) is 0 Å². The molecular formula is C19H18N2O5S. The van der Waals surface area contributed by atoms with Gasteiger partial charge in [0.05, 0.1) is 23.0 Å². The van der Waals surface area contributed by atoms with Crippen LogP contribution in [0, 0.1) is 11.8 Å². The van der Waals surface area contributed by atoms with Crippen molar-refractivity contribution in [3.63, 3.8) is 0 Å². The van der Waals surface area contributed by atoms with Crippen LogP contribution in [0.15, 0.2) is 53.4 Å². The van der Waals surface area contributed by atoms with Gasteiger partial charge in [-0.05, 0) is 42.8 Å². The minimum absolute atomic E-state index is 0.152. The van der Waals surface area contributed by atoms with Crippen LogP contribution in [0.5, 0.6) is 5.75 Å². The van der Waals surface area contributed by atoms with Crippen LogP contribution >= 0.6 is 0 Å². The van der Waals surface area contributed by atoms with Crippen LogP contribution in [-0.2, 0) is 14.8 Å². The number of benzene rings is 2. The smallest absolute Gasteiger partial charge is 0.265 e. The van der Waals surface area contributed by atoms with E-state index in [1.807, 2.05) is 0 Å². The summed E-state index contributed by atoms with van der Waals surface area (Å²) in [7, 11) is -3.83. The maximum absolute atomic E-state index is 13.0. The lowest BCUT2D eigenvalue weighted by atomic mass is 10.0. The summed E-state index contributed by atoms with van der Waals surface area (Å²) in [6.07, 6.45) is -0.211. The first-order valence-electron chi connectivity index (χ1n) is 8.18. The van der Waals surface area contributed by atoms with E-state index in [2.05, 4.69) is 11.8 Å². The predicted molar refractivity (Wildman–Crippen MR) is 98.8 cm³/mol. The molecule has 0 unspecified atom stereocenters. The van der Waals surface area contributed by atoms with Gasteiger partial charge in [0.15, 0.2) is 0 Å². The number of hydroxylamine groups is 1. The van der Waals surface area contributed by atoms with Crippen molar-refractivity contribution in [2.24, 2.45) is 0 Å². The van der Waals surface area contributed by atoms with E-state index < -0.39 is 22.0 Å². The number of ether oxygens (including phenoxy) is 1. The molecule has 2 aromatic rings. The van der Waals surface area contributed by atoms with Crippen LogP contribution in [0.2, 0.25) is 0 Å². The zero-order valence-electron chi connectivity index (χ0n) is 14.5. The largest absolute Gasteiger partial charge is 0.481 e. The minimum Gasteiger partial charge on any atom is -0.481 e. The average molecular weight is 386 g/mol. The Morgan fingerprint density at radius 1 is 1.22 bits per heavy atom. The van der Waals surface area contributed by atoms with Gasteiger partial charge in [0.2, 0.25) is 5.91 Å². The summed E-state index contributed by atoms with van der Waals surface area (Å²) in [5, 5.41) is 8.87. The highest BCUT2D eigenvalue weighted by molar-refractivity contribution is 7.93. The molecule has 0 aromatic heterocycles. The number of amides is 1. The lowest BCUT2D eigenvalue weighted by Gasteiger charge is -2.25. The fraction of sp³-hybridized carbons (Fsp3) is 0.211. The van der Waals surface area contributed by atoms with Crippen LogP contribution in [0.1, 0.15) is 24.9 Å². The molecule has 1 atom stereocenters. The molecule has 0 spiro atoms. The SMILES string of the molecule is CC#CCOc1ccc(N2[C@H](CC(=O)NO)c3ccccc3S2(=O)=O)cc1. The van der Waals surface area contributed by atoms with E-state index in [1.165, 1.54) is 10.4 Å². The van der Waals surface area contributed by atoms with Crippen LogP contribution < -0.4 is 14.5 Å². The second-order valence-electron chi connectivity index (χ2n) is 5.80. The van der Waals surface area contributed by atoms with Gasteiger partial charge in [-0.15, -0.1) is 5.92 Å². The van der Waals surface area contributed by atoms with Gasteiger partial charge < -0.3 is 4.74 Å². The van der Waals surface area contributed by atoms with E-state index in [4.69, 9.17) is 9.94 Å². The van der Waals surface area contributed by atoms with Crippen molar-refractivity contribution >= 4 is 21.6 Å². The molecule has 2 N–H and O–H groups in total. The Hall–Kier alpha value is -3.02. The second kappa shape index (κ2) is 7.70. The molecule has 1 aliphatic heterocycles. The number of nitrogens with one attached hydrogen (secondary N) is 1. The molecule has 0 saturated carbocycles. The predicted octanol–water partition coefficient (Wildman–Crippen LogP) is 2.23. The quantitative estimate of drug-likeness (QED) is 0.467. The standard InChI is InChI=1S/C19H18N2O5S/c1-2-3-12-26-15-10-8-14(9-11-15)21-17(13-19(22)20-23)16-6-4-5-7-18(16)27(21,24)25/h4-11,17,23H,12-13H2,1H3,(H,20,22)/t17-/m1/s1. The molecule has 1 heterocycles. The number of nitrogens with zero attached hydrogens (tertiary/aromatic N) is 1. The topological polar surface area (TPSA) is 95.9 Å². The monoisotopic (exact) mass is 386 g/mol. The average Bonchev–Trinajstić information content (AvgIpc) is 2.90. The molecule has 27 heavy (non-hydrogen) atoms. The number of sulfonamides is 1. The van der Waals surface area contributed by atoms with E-state index in [1.54, 1.807) is 54.9 Å². The van der Waals surface area contributed by atoms with E-state index >= 15 is 0 Å². The van der Waals surface area contributed by atoms with Crippen molar-refractivity contribution in [2.45, 2.75) is 24.3 Å². The molecule has 7 nitrogen and oxygen atoms in total. The van der Waals surface area contributed by atoms with E-state index in [-0.39, 0.29) is 17.9 Å². The molecule has 0 aliphatic carbocycles. The van der Waals surface area contributed by atoms with Gasteiger partial charge in [0, 0.05) is 0 Å². The Labute approximate surface area is 157 Å². The van der Waals surface area contributed by atoms with Gasteiger partial charge in [-0.1, -0.05) is 24.1 Å². The molecule has 0 saturated heterocycles. The van der Waals surface area contributed by atoms with Gasteiger partial charge in [-0.25, -0.2) is 13.9 Å². The van der Waals surface area contributed by atoms with Crippen molar-refractivity contribution in [1.82, 2.24) is 5.48 Å². The van der Waals surface area contributed by atoms with Crippen molar-refractivity contribution in [3.8, 4) is 17.6 Å². The highest BCUT2D eigenvalue weighted by Gasteiger charge is 2.43. The number of anilines is 1. The summed E-state index contributed by atoms with van der Waals surface area (Å²) >= 11 is 0. The van der Waals surface area contributed by atoms with Gasteiger partial charge in [0.1, 0.15) is 12.4 Å². The Bertz CT molecular complexity index is 1010. The first kappa shape index (κ1) is 18.8. The summed E-state index contributed by atoms with van der Waals surface area (Å²) in [6.45, 7) is 1.95. The van der Waals surface area contributed by atoms with Gasteiger partial charge in [-0.2, -0.15) is 0 Å². The zero-order chi connectivity index (χ0) is 19.4. The molecule has 3 rings (SSSR count). The molecule has 0 radical (unpaired) electrons. The maximum Gasteiger partial charge on any atom is 0.265 e. The molecule has 0 fully saturated rings. The van der Waals surface area contributed by atoms with E-state index in [9.17, 15) is 13.2 Å². The molecule has 2 aromatic carbocycles. The second-order valence-corrected chi connectivity index (χ2v) is 7.59. The summed E-state index contributed by atoms with van der Waals surface area (Å²) in [6, 6.07) is 12.3. The van der Waals surface area contributed by atoms with Crippen molar-refractivity contribution in [3.05, 3.63) is 54.1 Å². The Kier molecular flexibility index (Phi) is 5.35. The number of hydrogen-bond donors (Lipinski definition) is 2. The summed E-state index contributed by atoms with van der Waals surface area (Å²) in [5.41, 5.74) is 2.48. The normalized spacial score (nSPS) is 16.8. The lowest BCUT2D eigenvalue weighted by Crippen LogP contribution is -2.32. The van der Waals surface area contributed by atoms with Gasteiger partial charge in [0.25, 0.3) is 10.0 Å². The fourth-order valence-electron chi connectivity index (χ4n) is 3.00. The molecule has 1 aliphatic rings. The zero-order valence-corrected chi connectivity index (χ0v) is 15.4.